The molecule has 0 unspecified atom stereocenters. The predicted molar refractivity (Wildman–Crippen MR) is 104 cm³/mol. The van der Waals surface area contributed by atoms with Crippen LogP contribution >= 0.6 is 0 Å². The number of methoxy groups -OCH3 is 1. The predicted octanol–water partition coefficient (Wildman–Crippen LogP) is 3.45. The summed E-state index contributed by atoms with van der Waals surface area (Å²) in [6.07, 6.45) is 1.87. The number of rotatable bonds is 5. The number of benzene rings is 2. The molecule has 26 heavy (non-hydrogen) atoms. The van der Waals surface area contributed by atoms with Crippen LogP contribution in [0.15, 0.2) is 48.7 Å². The van der Waals surface area contributed by atoms with Gasteiger partial charge in [-0.2, -0.15) is 5.10 Å². The van der Waals surface area contributed by atoms with E-state index in [1.54, 1.807) is 7.11 Å². The van der Waals surface area contributed by atoms with Crippen molar-refractivity contribution in [3.63, 3.8) is 0 Å². The Morgan fingerprint density at radius 2 is 1.96 bits per heavy atom. The number of aromatic amines is 1. The molecule has 1 fully saturated rings. The highest BCUT2D eigenvalue weighted by Gasteiger charge is 2.22. The van der Waals surface area contributed by atoms with E-state index < -0.39 is 0 Å². The lowest BCUT2D eigenvalue weighted by atomic mass is 10.1. The number of aromatic nitrogens is 2. The second-order valence-electron chi connectivity index (χ2n) is 7.06. The first-order valence-electron chi connectivity index (χ1n) is 9.25. The fourth-order valence-electron chi connectivity index (χ4n) is 3.76. The zero-order valence-corrected chi connectivity index (χ0v) is 15.5. The van der Waals surface area contributed by atoms with Gasteiger partial charge < -0.3 is 4.74 Å². The first-order chi connectivity index (χ1) is 12.7. The van der Waals surface area contributed by atoms with Crippen LogP contribution in [0.5, 0.6) is 5.75 Å². The molecule has 3 aromatic rings. The topological polar surface area (TPSA) is 44.4 Å². The molecule has 4 rings (SSSR count). The van der Waals surface area contributed by atoms with Gasteiger partial charge in [0.15, 0.2) is 0 Å². The molecule has 0 aliphatic carbocycles. The molecule has 0 spiro atoms. The van der Waals surface area contributed by atoms with Gasteiger partial charge in [-0.3, -0.25) is 14.9 Å². The smallest absolute Gasteiger partial charge is 0.119 e. The van der Waals surface area contributed by atoms with Crippen molar-refractivity contribution in [2.45, 2.75) is 19.5 Å². The SMILES string of the molecule is COc1cccc([C@H](C)N2CCN(Cc3ccc4cn[nH]c4c3)CC2)c1. The zero-order chi connectivity index (χ0) is 17.9. The average molecular weight is 350 g/mol. The molecule has 2 aromatic carbocycles. The minimum atomic E-state index is 0.411. The molecule has 1 atom stereocenters. The van der Waals surface area contributed by atoms with Crippen molar-refractivity contribution in [3.05, 3.63) is 59.8 Å². The van der Waals surface area contributed by atoms with Crippen LogP contribution in [-0.2, 0) is 6.54 Å². The first-order valence-corrected chi connectivity index (χ1v) is 9.25. The lowest BCUT2D eigenvalue weighted by Gasteiger charge is -2.38. The third kappa shape index (κ3) is 3.59. The minimum absolute atomic E-state index is 0.411. The molecule has 5 nitrogen and oxygen atoms in total. The molecule has 0 bridgehead atoms. The van der Waals surface area contributed by atoms with Crippen LogP contribution in [0.4, 0.5) is 0 Å². The summed E-state index contributed by atoms with van der Waals surface area (Å²) in [6.45, 7) is 7.65. The molecule has 1 aliphatic rings. The number of ether oxygens (including phenoxy) is 1. The number of H-pyrrole nitrogens is 1. The number of nitrogens with zero attached hydrogens (tertiary/aromatic N) is 3. The van der Waals surface area contributed by atoms with E-state index in [0.29, 0.717) is 6.04 Å². The molecule has 136 valence electrons. The molecule has 0 saturated carbocycles. The van der Waals surface area contributed by atoms with Gasteiger partial charge >= 0.3 is 0 Å². The van der Waals surface area contributed by atoms with Crippen LogP contribution in [-0.4, -0.2) is 53.3 Å². The number of fused-ring (bicyclic) bond motifs is 1. The van der Waals surface area contributed by atoms with Crippen molar-refractivity contribution in [2.75, 3.05) is 33.3 Å². The molecule has 1 saturated heterocycles. The van der Waals surface area contributed by atoms with E-state index >= 15 is 0 Å². The Morgan fingerprint density at radius 1 is 1.12 bits per heavy atom. The monoisotopic (exact) mass is 350 g/mol. The normalized spacial score (nSPS) is 17.5. The number of hydrogen-bond acceptors (Lipinski definition) is 4. The second-order valence-corrected chi connectivity index (χ2v) is 7.06. The Balaban J connectivity index is 1.35. The third-order valence-corrected chi connectivity index (χ3v) is 5.44. The third-order valence-electron chi connectivity index (χ3n) is 5.44. The molecule has 1 N–H and O–H groups in total. The molecule has 5 heteroatoms. The first kappa shape index (κ1) is 17.1. The molecular weight excluding hydrogens is 324 g/mol. The summed E-state index contributed by atoms with van der Waals surface area (Å²) in [4.78, 5) is 5.09. The molecule has 0 amide bonds. The summed E-state index contributed by atoms with van der Waals surface area (Å²) in [6, 6.07) is 15.4. The lowest BCUT2D eigenvalue weighted by Crippen LogP contribution is -2.46. The summed E-state index contributed by atoms with van der Waals surface area (Å²) < 4.78 is 5.37. The van der Waals surface area contributed by atoms with Crippen LogP contribution in [0.25, 0.3) is 10.9 Å². The Hall–Kier alpha value is -2.37. The highest BCUT2D eigenvalue weighted by Crippen LogP contribution is 2.25. The van der Waals surface area contributed by atoms with Crippen molar-refractivity contribution in [1.82, 2.24) is 20.0 Å². The number of nitrogens with one attached hydrogen (secondary N) is 1. The van der Waals surface area contributed by atoms with E-state index in [4.69, 9.17) is 4.74 Å². The van der Waals surface area contributed by atoms with Gasteiger partial charge in [0.25, 0.3) is 0 Å². The maximum absolute atomic E-state index is 5.37. The summed E-state index contributed by atoms with van der Waals surface area (Å²) in [7, 11) is 1.73. The quantitative estimate of drug-likeness (QED) is 0.765. The van der Waals surface area contributed by atoms with Crippen molar-refractivity contribution >= 4 is 10.9 Å². The highest BCUT2D eigenvalue weighted by atomic mass is 16.5. The molecule has 1 aromatic heterocycles. The van der Waals surface area contributed by atoms with Gasteiger partial charge in [-0.25, -0.2) is 0 Å². The van der Waals surface area contributed by atoms with Gasteiger partial charge in [0, 0.05) is 44.2 Å². The van der Waals surface area contributed by atoms with Crippen LogP contribution < -0.4 is 4.74 Å². The van der Waals surface area contributed by atoms with E-state index in [1.165, 1.54) is 16.5 Å². The van der Waals surface area contributed by atoms with Crippen molar-refractivity contribution in [3.8, 4) is 5.75 Å². The minimum Gasteiger partial charge on any atom is -0.497 e. The summed E-state index contributed by atoms with van der Waals surface area (Å²) in [5.41, 5.74) is 3.78. The molecule has 0 radical (unpaired) electrons. The van der Waals surface area contributed by atoms with E-state index in [9.17, 15) is 0 Å². The fraction of sp³-hybridized carbons (Fsp3) is 0.381. The second kappa shape index (κ2) is 7.48. The molecule has 2 heterocycles. The van der Waals surface area contributed by atoms with Gasteiger partial charge in [0.2, 0.25) is 0 Å². The Bertz CT molecular complexity index is 867. The van der Waals surface area contributed by atoms with Crippen molar-refractivity contribution < 1.29 is 4.74 Å². The molecule has 1 aliphatic heterocycles. The maximum atomic E-state index is 5.37. The Labute approximate surface area is 154 Å². The van der Waals surface area contributed by atoms with E-state index in [1.807, 2.05) is 12.3 Å². The van der Waals surface area contributed by atoms with Gasteiger partial charge in [-0.1, -0.05) is 24.3 Å². The van der Waals surface area contributed by atoms with Gasteiger partial charge in [-0.05, 0) is 36.2 Å². The van der Waals surface area contributed by atoms with E-state index in [-0.39, 0.29) is 0 Å². The Morgan fingerprint density at radius 3 is 2.77 bits per heavy atom. The van der Waals surface area contributed by atoms with Crippen LogP contribution in [0.3, 0.4) is 0 Å². The number of piperazine rings is 1. The van der Waals surface area contributed by atoms with Crippen LogP contribution in [0.1, 0.15) is 24.1 Å². The van der Waals surface area contributed by atoms with E-state index in [0.717, 1.165) is 44.0 Å². The van der Waals surface area contributed by atoms with Crippen molar-refractivity contribution in [1.29, 1.82) is 0 Å². The molecular formula is C21H26N4O. The fourth-order valence-corrected chi connectivity index (χ4v) is 3.76. The van der Waals surface area contributed by atoms with Gasteiger partial charge in [-0.15, -0.1) is 0 Å². The lowest BCUT2D eigenvalue weighted by molar-refractivity contribution is 0.0978. The van der Waals surface area contributed by atoms with E-state index in [2.05, 4.69) is 63.3 Å². The Kier molecular flexibility index (Phi) is 4.91. The van der Waals surface area contributed by atoms with Crippen LogP contribution in [0, 0.1) is 0 Å². The summed E-state index contributed by atoms with van der Waals surface area (Å²) in [5.74, 6) is 0.933. The van der Waals surface area contributed by atoms with Crippen LogP contribution in [0.2, 0.25) is 0 Å². The maximum Gasteiger partial charge on any atom is 0.119 e. The number of hydrogen-bond donors (Lipinski definition) is 1. The zero-order valence-electron chi connectivity index (χ0n) is 15.5. The summed E-state index contributed by atoms with van der Waals surface area (Å²) >= 11 is 0. The highest BCUT2D eigenvalue weighted by molar-refractivity contribution is 5.78. The summed E-state index contributed by atoms with van der Waals surface area (Å²) in [5, 5.41) is 8.34. The average Bonchev–Trinajstić information content (AvgIpc) is 3.16. The van der Waals surface area contributed by atoms with Gasteiger partial charge in [0.1, 0.15) is 5.75 Å². The largest absolute Gasteiger partial charge is 0.497 e. The van der Waals surface area contributed by atoms with Gasteiger partial charge in [0.05, 0.1) is 18.8 Å². The van der Waals surface area contributed by atoms with Crippen molar-refractivity contribution in [2.24, 2.45) is 0 Å². The standard InChI is InChI=1S/C21H26N4O/c1-16(18-4-3-5-20(13-18)26-2)25-10-8-24(9-11-25)15-17-6-7-19-14-22-23-21(19)12-17/h3-7,12-14,16H,8-11,15H2,1-2H3,(H,22,23)/t16-/m0/s1.